The topological polar surface area (TPSA) is 17.1 Å². The maximum absolute atomic E-state index is 13.0. The number of halogens is 2. The van der Waals surface area contributed by atoms with Gasteiger partial charge >= 0.3 is 0 Å². The molecule has 0 spiro atoms. The standard InChI is InChI=1S/C12H12F2OS/c1-12(5-2-6-16-12)11(15)8-3-4-9(13)10(14)7-8/h3-4,7H,2,5-6H2,1H3. The van der Waals surface area contributed by atoms with Gasteiger partial charge < -0.3 is 0 Å². The van der Waals surface area contributed by atoms with Gasteiger partial charge in [0.25, 0.3) is 0 Å². The zero-order chi connectivity index (χ0) is 11.8. The number of ketones is 1. The third kappa shape index (κ3) is 1.98. The molecule has 86 valence electrons. The van der Waals surface area contributed by atoms with Crippen molar-refractivity contribution in [2.24, 2.45) is 0 Å². The van der Waals surface area contributed by atoms with E-state index >= 15 is 0 Å². The predicted molar refractivity (Wildman–Crippen MR) is 60.8 cm³/mol. The molecule has 1 fully saturated rings. The first-order chi connectivity index (χ1) is 7.53. The zero-order valence-electron chi connectivity index (χ0n) is 8.93. The van der Waals surface area contributed by atoms with Crippen LogP contribution in [0.4, 0.5) is 8.78 Å². The highest BCUT2D eigenvalue weighted by Gasteiger charge is 2.37. The van der Waals surface area contributed by atoms with Crippen molar-refractivity contribution in [3.05, 3.63) is 35.4 Å². The van der Waals surface area contributed by atoms with Crippen molar-refractivity contribution in [1.82, 2.24) is 0 Å². The molecule has 0 bridgehead atoms. The van der Waals surface area contributed by atoms with Crippen molar-refractivity contribution < 1.29 is 13.6 Å². The summed E-state index contributed by atoms with van der Waals surface area (Å²) < 4.78 is 25.3. The van der Waals surface area contributed by atoms with E-state index in [9.17, 15) is 13.6 Å². The van der Waals surface area contributed by atoms with Crippen molar-refractivity contribution in [2.45, 2.75) is 24.5 Å². The van der Waals surface area contributed by atoms with Gasteiger partial charge in [0.15, 0.2) is 17.4 Å². The van der Waals surface area contributed by atoms with Crippen molar-refractivity contribution in [3.8, 4) is 0 Å². The molecule has 1 aromatic rings. The third-order valence-electron chi connectivity index (χ3n) is 2.88. The Kier molecular flexibility index (Phi) is 3.02. The van der Waals surface area contributed by atoms with Crippen LogP contribution in [-0.4, -0.2) is 16.3 Å². The Morgan fingerprint density at radius 3 is 2.69 bits per heavy atom. The fraction of sp³-hybridized carbons (Fsp3) is 0.417. The van der Waals surface area contributed by atoms with Gasteiger partial charge in [-0.2, -0.15) is 0 Å². The minimum Gasteiger partial charge on any atom is -0.293 e. The van der Waals surface area contributed by atoms with Crippen LogP contribution in [0.1, 0.15) is 30.1 Å². The fourth-order valence-corrected chi connectivity index (χ4v) is 3.18. The largest absolute Gasteiger partial charge is 0.293 e. The summed E-state index contributed by atoms with van der Waals surface area (Å²) in [4.78, 5) is 12.1. The second-order valence-electron chi connectivity index (χ2n) is 4.14. The highest BCUT2D eigenvalue weighted by Crippen LogP contribution is 2.40. The van der Waals surface area contributed by atoms with E-state index in [0.717, 1.165) is 30.7 Å². The van der Waals surface area contributed by atoms with Crippen molar-refractivity contribution in [2.75, 3.05) is 5.75 Å². The summed E-state index contributed by atoms with van der Waals surface area (Å²) in [6.45, 7) is 1.87. The van der Waals surface area contributed by atoms with Gasteiger partial charge in [-0.25, -0.2) is 8.78 Å². The normalized spacial score (nSPS) is 24.7. The summed E-state index contributed by atoms with van der Waals surface area (Å²) in [6.07, 6.45) is 1.80. The monoisotopic (exact) mass is 242 g/mol. The molecule has 0 aromatic heterocycles. The zero-order valence-corrected chi connectivity index (χ0v) is 9.74. The van der Waals surface area contributed by atoms with E-state index in [0.29, 0.717) is 0 Å². The number of hydrogen-bond donors (Lipinski definition) is 0. The molecule has 1 aliphatic heterocycles. The number of carbonyl (C=O) groups is 1. The molecule has 2 rings (SSSR count). The van der Waals surface area contributed by atoms with Crippen LogP contribution >= 0.6 is 11.8 Å². The number of rotatable bonds is 2. The molecule has 1 saturated heterocycles. The quantitative estimate of drug-likeness (QED) is 0.739. The number of carbonyl (C=O) groups excluding carboxylic acids is 1. The molecular formula is C12H12F2OS. The van der Waals surface area contributed by atoms with Gasteiger partial charge in [-0.1, -0.05) is 0 Å². The number of thioether (sulfide) groups is 1. The van der Waals surface area contributed by atoms with Crippen LogP contribution in [0.15, 0.2) is 18.2 Å². The Labute approximate surface area is 97.2 Å². The second-order valence-corrected chi connectivity index (χ2v) is 5.74. The first-order valence-electron chi connectivity index (χ1n) is 5.17. The lowest BCUT2D eigenvalue weighted by molar-refractivity contribution is 0.0948. The summed E-state index contributed by atoms with van der Waals surface area (Å²) in [5, 5.41) is 0. The van der Waals surface area contributed by atoms with Gasteiger partial charge in [0.2, 0.25) is 0 Å². The molecule has 1 heterocycles. The van der Waals surface area contributed by atoms with Crippen LogP contribution in [0, 0.1) is 11.6 Å². The molecule has 0 aliphatic carbocycles. The Hall–Kier alpha value is -0.900. The molecule has 0 saturated carbocycles. The van der Waals surface area contributed by atoms with E-state index in [-0.39, 0.29) is 11.3 Å². The van der Waals surface area contributed by atoms with Crippen LogP contribution < -0.4 is 0 Å². The Balaban J connectivity index is 2.30. The summed E-state index contributed by atoms with van der Waals surface area (Å²) >= 11 is 1.59. The molecule has 0 amide bonds. The van der Waals surface area contributed by atoms with Gasteiger partial charge in [-0.15, -0.1) is 11.8 Å². The van der Waals surface area contributed by atoms with E-state index < -0.39 is 16.4 Å². The van der Waals surface area contributed by atoms with Gasteiger partial charge in [0.05, 0.1) is 4.75 Å². The van der Waals surface area contributed by atoms with Gasteiger partial charge in [-0.3, -0.25) is 4.79 Å². The van der Waals surface area contributed by atoms with E-state index in [4.69, 9.17) is 0 Å². The smallest absolute Gasteiger partial charge is 0.178 e. The summed E-state index contributed by atoms with van der Waals surface area (Å²) in [5.74, 6) is -1.03. The summed E-state index contributed by atoms with van der Waals surface area (Å²) in [5.41, 5.74) is 0.260. The minimum atomic E-state index is -0.961. The number of benzene rings is 1. The summed E-state index contributed by atoms with van der Waals surface area (Å²) in [7, 11) is 0. The second kappa shape index (κ2) is 4.17. The lowest BCUT2D eigenvalue weighted by atomic mass is 9.94. The maximum atomic E-state index is 13.0. The summed E-state index contributed by atoms with van der Waals surface area (Å²) in [6, 6.07) is 3.35. The van der Waals surface area contributed by atoms with Crippen LogP contribution in [0.25, 0.3) is 0 Å². The van der Waals surface area contributed by atoms with Crippen LogP contribution in [-0.2, 0) is 0 Å². The van der Waals surface area contributed by atoms with E-state index in [2.05, 4.69) is 0 Å². The molecule has 1 aliphatic rings. The van der Waals surface area contributed by atoms with Crippen molar-refractivity contribution in [1.29, 1.82) is 0 Å². The van der Waals surface area contributed by atoms with Crippen LogP contribution in [0.5, 0.6) is 0 Å². The lowest BCUT2D eigenvalue weighted by Gasteiger charge is -2.20. The first kappa shape index (κ1) is 11.6. The average Bonchev–Trinajstić information content (AvgIpc) is 2.70. The van der Waals surface area contributed by atoms with E-state index in [1.165, 1.54) is 6.07 Å². The van der Waals surface area contributed by atoms with Crippen molar-refractivity contribution in [3.63, 3.8) is 0 Å². The third-order valence-corrected chi connectivity index (χ3v) is 4.40. The predicted octanol–water partition coefficient (Wildman–Crippen LogP) is 3.43. The molecular weight excluding hydrogens is 230 g/mol. The Bertz CT molecular complexity index is 425. The minimum absolute atomic E-state index is 0.103. The van der Waals surface area contributed by atoms with Crippen LogP contribution in [0.2, 0.25) is 0 Å². The molecule has 1 aromatic carbocycles. The molecule has 0 N–H and O–H groups in total. The first-order valence-corrected chi connectivity index (χ1v) is 6.15. The lowest BCUT2D eigenvalue weighted by Crippen LogP contribution is -2.28. The van der Waals surface area contributed by atoms with Crippen LogP contribution in [0.3, 0.4) is 0 Å². The van der Waals surface area contributed by atoms with E-state index in [1.807, 2.05) is 6.92 Å². The van der Waals surface area contributed by atoms with Crippen molar-refractivity contribution >= 4 is 17.5 Å². The molecule has 0 radical (unpaired) electrons. The SMILES string of the molecule is CC1(C(=O)c2ccc(F)c(F)c2)CCCS1. The molecule has 16 heavy (non-hydrogen) atoms. The van der Waals surface area contributed by atoms with E-state index in [1.54, 1.807) is 11.8 Å². The average molecular weight is 242 g/mol. The number of hydrogen-bond acceptors (Lipinski definition) is 2. The highest BCUT2D eigenvalue weighted by molar-refractivity contribution is 8.01. The molecule has 1 unspecified atom stereocenters. The Morgan fingerprint density at radius 1 is 1.38 bits per heavy atom. The van der Waals surface area contributed by atoms with Gasteiger partial charge in [0.1, 0.15) is 0 Å². The number of Topliss-reactive ketones (excluding diaryl/α,β-unsaturated/α-hetero) is 1. The maximum Gasteiger partial charge on any atom is 0.178 e. The Morgan fingerprint density at radius 2 is 2.12 bits per heavy atom. The highest BCUT2D eigenvalue weighted by atomic mass is 32.2. The molecule has 4 heteroatoms. The van der Waals surface area contributed by atoms with Gasteiger partial charge in [0, 0.05) is 5.56 Å². The fourth-order valence-electron chi connectivity index (χ4n) is 1.90. The van der Waals surface area contributed by atoms with Gasteiger partial charge in [-0.05, 0) is 43.7 Å². The molecule has 1 nitrogen and oxygen atoms in total. The molecule has 1 atom stereocenters.